The summed E-state index contributed by atoms with van der Waals surface area (Å²) < 4.78 is 0. The van der Waals surface area contributed by atoms with Gasteiger partial charge in [0.1, 0.15) is 0 Å². The van der Waals surface area contributed by atoms with Crippen molar-refractivity contribution in [3.63, 3.8) is 0 Å². The van der Waals surface area contributed by atoms with Gasteiger partial charge >= 0.3 is 0 Å². The van der Waals surface area contributed by atoms with Gasteiger partial charge in [-0.1, -0.05) is 29.8 Å². The van der Waals surface area contributed by atoms with E-state index < -0.39 is 0 Å². The first-order valence-corrected chi connectivity index (χ1v) is 7.44. The maximum absolute atomic E-state index is 5.96. The zero-order chi connectivity index (χ0) is 13.8. The first kappa shape index (κ1) is 14.3. The minimum Gasteiger partial charge on any atom is -0.329 e. The quantitative estimate of drug-likeness (QED) is 0.904. The molecule has 0 saturated heterocycles. The molecule has 1 atom stereocenters. The molecule has 0 aliphatic heterocycles. The van der Waals surface area contributed by atoms with E-state index in [-0.39, 0.29) is 0 Å². The number of nitrogens with two attached hydrogens (primary N) is 1. The molecule has 0 aliphatic rings. The molecule has 0 radical (unpaired) electrons. The Balaban J connectivity index is 2.11. The van der Waals surface area contributed by atoms with Crippen LogP contribution in [0.15, 0.2) is 36.4 Å². The molecule has 3 heteroatoms. The Kier molecular flexibility index (Phi) is 4.75. The van der Waals surface area contributed by atoms with Crippen LogP contribution in [0.3, 0.4) is 0 Å². The second kappa shape index (κ2) is 6.33. The van der Waals surface area contributed by atoms with Crippen LogP contribution in [-0.4, -0.2) is 18.5 Å². The lowest BCUT2D eigenvalue weighted by molar-refractivity contribution is 0.245. The Morgan fingerprint density at radius 2 is 2.00 bits per heavy atom. The summed E-state index contributed by atoms with van der Waals surface area (Å²) in [5.41, 5.74) is 8.61. The van der Waals surface area contributed by atoms with Gasteiger partial charge in [-0.2, -0.15) is 0 Å². The second-order valence-corrected chi connectivity index (χ2v) is 6.42. The van der Waals surface area contributed by atoms with E-state index in [0.29, 0.717) is 12.6 Å². The molecular weight excluding hydrogens is 252 g/mol. The number of aryl methyl sites for hydroxylation is 2. The molecule has 0 aliphatic carbocycles. The van der Waals surface area contributed by atoms with E-state index in [9.17, 15) is 0 Å². The largest absolute Gasteiger partial charge is 0.329 e. The van der Waals surface area contributed by atoms with E-state index in [0.717, 1.165) is 6.54 Å². The van der Waals surface area contributed by atoms with Gasteiger partial charge in [-0.05, 0) is 38.6 Å². The van der Waals surface area contributed by atoms with Crippen LogP contribution in [0.4, 0.5) is 0 Å². The van der Waals surface area contributed by atoms with Crippen molar-refractivity contribution in [2.45, 2.75) is 26.4 Å². The van der Waals surface area contributed by atoms with Crippen LogP contribution in [0.2, 0.25) is 0 Å². The van der Waals surface area contributed by atoms with Crippen molar-refractivity contribution in [1.29, 1.82) is 0 Å². The highest BCUT2D eigenvalue weighted by atomic mass is 32.1. The molecular formula is C16H22N2S. The van der Waals surface area contributed by atoms with Gasteiger partial charge in [0, 0.05) is 22.8 Å². The van der Waals surface area contributed by atoms with Crippen molar-refractivity contribution in [2.75, 3.05) is 13.6 Å². The summed E-state index contributed by atoms with van der Waals surface area (Å²) in [5, 5.41) is 0. The molecule has 0 amide bonds. The van der Waals surface area contributed by atoms with Crippen LogP contribution in [0.1, 0.15) is 26.9 Å². The Morgan fingerprint density at radius 3 is 2.58 bits per heavy atom. The molecule has 1 unspecified atom stereocenters. The van der Waals surface area contributed by atoms with E-state index in [4.69, 9.17) is 5.73 Å². The lowest BCUT2D eigenvalue weighted by Gasteiger charge is -2.26. The molecule has 0 bridgehead atoms. The standard InChI is InChI=1S/C16H22N2S/c1-12-5-4-6-14(9-12)11-18(3)15(10-17)16-8-7-13(2)19-16/h4-9,15H,10-11,17H2,1-3H3. The Morgan fingerprint density at radius 1 is 1.21 bits per heavy atom. The fraction of sp³-hybridized carbons (Fsp3) is 0.375. The number of nitrogens with zero attached hydrogens (tertiary/aromatic N) is 1. The first-order chi connectivity index (χ1) is 9.10. The van der Waals surface area contributed by atoms with E-state index in [1.54, 1.807) is 0 Å². The SMILES string of the molecule is Cc1cccc(CN(C)C(CN)c2ccc(C)s2)c1. The van der Waals surface area contributed by atoms with Gasteiger partial charge in [0.2, 0.25) is 0 Å². The number of thiophene rings is 1. The molecule has 102 valence electrons. The maximum Gasteiger partial charge on any atom is 0.0564 e. The van der Waals surface area contributed by atoms with Crippen LogP contribution < -0.4 is 5.73 Å². The van der Waals surface area contributed by atoms with E-state index in [1.165, 1.54) is 20.9 Å². The van der Waals surface area contributed by atoms with Crippen molar-refractivity contribution in [3.05, 3.63) is 57.3 Å². The van der Waals surface area contributed by atoms with Crippen molar-refractivity contribution >= 4 is 11.3 Å². The Bertz CT molecular complexity index is 533. The number of hydrogen-bond acceptors (Lipinski definition) is 3. The molecule has 1 aromatic carbocycles. The highest BCUT2D eigenvalue weighted by molar-refractivity contribution is 7.12. The Labute approximate surface area is 119 Å². The minimum absolute atomic E-state index is 0.305. The van der Waals surface area contributed by atoms with Gasteiger partial charge in [0.15, 0.2) is 0 Å². The second-order valence-electron chi connectivity index (χ2n) is 5.10. The summed E-state index contributed by atoms with van der Waals surface area (Å²) in [4.78, 5) is 5.03. The van der Waals surface area contributed by atoms with Gasteiger partial charge in [-0.15, -0.1) is 11.3 Å². The molecule has 2 N–H and O–H groups in total. The van der Waals surface area contributed by atoms with Crippen LogP contribution >= 0.6 is 11.3 Å². The van der Waals surface area contributed by atoms with Crippen LogP contribution in [0.5, 0.6) is 0 Å². The fourth-order valence-corrected chi connectivity index (χ4v) is 3.41. The molecule has 2 aromatic rings. The molecule has 1 heterocycles. The molecule has 2 rings (SSSR count). The lowest BCUT2D eigenvalue weighted by atomic mass is 10.1. The monoisotopic (exact) mass is 274 g/mol. The average molecular weight is 274 g/mol. The van der Waals surface area contributed by atoms with Crippen molar-refractivity contribution in [3.8, 4) is 0 Å². The average Bonchev–Trinajstić information content (AvgIpc) is 2.76. The smallest absolute Gasteiger partial charge is 0.0564 e. The zero-order valence-corrected chi connectivity index (χ0v) is 12.7. The summed E-state index contributed by atoms with van der Waals surface area (Å²) in [6, 6.07) is 13.3. The topological polar surface area (TPSA) is 29.3 Å². The molecule has 1 aromatic heterocycles. The van der Waals surface area contributed by atoms with Gasteiger partial charge < -0.3 is 5.73 Å². The van der Waals surface area contributed by atoms with Gasteiger partial charge in [0.05, 0.1) is 6.04 Å². The zero-order valence-electron chi connectivity index (χ0n) is 11.9. The van der Waals surface area contributed by atoms with Crippen molar-refractivity contribution in [1.82, 2.24) is 4.90 Å². The molecule has 19 heavy (non-hydrogen) atoms. The third-order valence-corrected chi connectivity index (χ3v) is 4.46. The number of rotatable bonds is 5. The van der Waals surface area contributed by atoms with Crippen LogP contribution in [-0.2, 0) is 6.54 Å². The summed E-state index contributed by atoms with van der Waals surface area (Å²) >= 11 is 1.84. The van der Waals surface area contributed by atoms with Crippen molar-refractivity contribution in [2.24, 2.45) is 5.73 Å². The summed E-state index contributed by atoms with van der Waals surface area (Å²) in [7, 11) is 2.15. The van der Waals surface area contributed by atoms with Gasteiger partial charge in [0.25, 0.3) is 0 Å². The highest BCUT2D eigenvalue weighted by Gasteiger charge is 2.17. The molecule has 2 nitrogen and oxygen atoms in total. The van der Waals surface area contributed by atoms with Crippen LogP contribution in [0, 0.1) is 13.8 Å². The van der Waals surface area contributed by atoms with E-state index in [1.807, 2.05) is 11.3 Å². The number of likely N-dealkylation sites (N-methyl/N-ethyl adjacent to an activating group) is 1. The minimum atomic E-state index is 0.305. The summed E-state index contributed by atoms with van der Waals surface area (Å²) in [6.45, 7) is 5.86. The predicted octanol–water partition coefficient (Wildman–Crippen LogP) is 3.50. The third-order valence-electron chi connectivity index (χ3n) is 3.36. The fourth-order valence-electron chi connectivity index (χ4n) is 2.35. The summed E-state index contributed by atoms with van der Waals surface area (Å²) in [6.07, 6.45) is 0. The number of hydrogen-bond donors (Lipinski definition) is 1. The van der Waals surface area contributed by atoms with E-state index >= 15 is 0 Å². The number of benzene rings is 1. The molecule has 0 spiro atoms. The van der Waals surface area contributed by atoms with Gasteiger partial charge in [-0.3, -0.25) is 4.90 Å². The highest BCUT2D eigenvalue weighted by Crippen LogP contribution is 2.27. The Hall–Kier alpha value is -1.16. The maximum atomic E-state index is 5.96. The predicted molar refractivity (Wildman–Crippen MR) is 83.5 cm³/mol. The first-order valence-electron chi connectivity index (χ1n) is 6.62. The normalized spacial score (nSPS) is 12.9. The van der Waals surface area contributed by atoms with Crippen LogP contribution in [0.25, 0.3) is 0 Å². The third kappa shape index (κ3) is 3.66. The molecule has 0 fully saturated rings. The van der Waals surface area contributed by atoms with Gasteiger partial charge in [-0.25, -0.2) is 0 Å². The van der Waals surface area contributed by atoms with E-state index in [2.05, 4.69) is 62.2 Å². The molecule has 0 saturated carbocycles. The lowest BCUT2D eigenvalue weighted by Crippen LogP contribution is -2.29. The van der Waals surface area contributed by atoms with Crippen molar-refractivity contribution < 1.29 is 0 Å². The summed E-state index contributed by atoms with van der Waals surface area (Å²) in [5.74, 6) is 0.